The minimum absolute atomic E-state index is 0.218. The first-order valence-electron chi connectivity index (χ1n) is 6.90. The van der Waals surface area contributed by atoms with Crippen LogP contribution in [0.4, 0.5) is 10.3 Å². The molecule has 0 atom stereocenters. The lowest BCUT2D eigenvalue weighted by Crippen LogP contribution is -2.46. The summed E-state index contributed by atoms with van der Waals surface area (Å²) in [5.74, 6) is 0.575. The van der Waals surface area contributed by atoms with Crippen molar-refractivity contribution in [2.24, 2.45) is 0 Å². The SMILES string of the molecule is Fc1ccc(CN2CCN(c3ncccn3)CC2)cc1Br. The topological polar surface area (TPSA) is 32.3 Å². The lowest BCUT2D eigenvalue weighted by atomic mass is 10.2. The van der Waals surface area contributed by atoms with Crippen LogP contribution in [0.2, 0.25) is 0 Å². The van der Waals surface area contributed by atoms with Crippen LogP contribution < -0.4 is 4.90 Å². The van der Waals surface area contributed by atoms with Gasteiger partial charge in [-0.3, -0.25) is 4.90 Å². The van der Waals surface area contributed by atoms with E-state index >= 15 is 0 Å². The van der Waals surface area contributed by atoms with E-state index in [1.54, 1.807) is 12.4 Å². The molecule has 1 aliphatic heterocycles. The maximum Gasteiger partial charge on any atom is 0.225 e. The van der Waals surface area contributed by atoms with Gasteiger partial charge in [0.15, 0.2) is 0 Å². The Hall–Kier alpha value is -1.53. The van der Waals surface area contributed by atoms with Gasteiger partial charge < -0.3 is 4.90 Å². The third-order valence-corrected chi connectivity index (χ3v) is 4.21. The van der Waals surface area contributed by atoms with Gasteiger partial charge in [0.2, 0.25) is 5.95 Å². The highest BCUT2D eigenvalue weighted by molar-refractivity contribution is 9.10. The average molecular weight is 351 g/mol. The Morgan fingerprint density at radius 3 is 2.48 bits per heavy atom. The second-order valence-corrected chi connectivity index (χ2v) is 5.91. The minimum Gasteiger partial charge on any atom is -0.338 e. The first-order valence-corrected chi connectivity index (χ1v) is 7.70. The lowest BCUT2D eigenvalue weighted by molar-refractivity contribution is 0.248. The van der Waals surface area contributed by atoms with E-state index in [9.17, 15) is 4.39 Å². The molecule has 0 aliphatic carbocycles. The molecule has 4 nitrogen and oxygen atoms in total. The van der Waals surface area contributed by atoms with Gasteiger partial charge in [0.05, 0.1) is 4.47 Å². The number of hydrogen-bond donors (Lipinski definition) is 0. The number of rotatable bonds is 3. The fourth-order valence-corrected chi connectivity index (χ4v) is 2.88. The third kappa shape index (κ3) is 3.57. The fraction of sp³-hybridized carbons (Fsp3) is 0.333. The highest BCUT2D eigenvalue weighted by atomic mass is 79.9. The zero-order chi connectivity index (χ0) is 14.7. The summed E-state index contributed by atoms with van der Waals surface area (Å²) >= 11 is 3.23. The molecule has 6 heteroatoms. The number of piperazine rings is 1. The molecule has 1 aromatic carbocycles. The van der Waals surface area contributed by atoms with Crippen molar-refractivity contribution < 1.29 is 4.39 Å². The van der Waals surface area contributed by atoms with Crippen molar-refractivity contribution in [3.05, 3.63) is 52.5 Å². The molecular weight excluding hydrogens is 335 g/mol. The summed E-state index contributed by atoms with van der Waals surface area (Å²) in [5, 5.41) is 0. The van der Waals surface area contributed by atoms with Crippen molar-refractivity contribution >= 4 is 21.9 Å². The number of aromatic nitrogens is 2. The van der Waals surface area contributed by atoms with Crippen LogP contribution in [0.1, 0.15) is 5.56 Å². The molecule has 2 aromatic rings. The normalized spacial score (nSPS) is 16.2. The standard InChI is InChI=1S/C15H16BrFN4/c16-13-10-12(2-3-14(13)17)11-20-6-8-21(9-7-20)15-18-4-1-5-19-15/h1-5,10H,6-9,11H2. The monoisotopic (exact) mass is 350 g/mol. The molecule has 0 spiro atoms. The summed E-state index contributed by atoms with van der Waals surface area (Å²) in [7, 11) is 0. The Labute approximate surface area is 131 Å². The summed E-state index contributed by atoms with van der Waals surface area (Å²) in [6.45, 7) is 4.56. The summed E-state index contributed by atoms with van der Waals surface area (Å²) in [5.41, 5.74) is 1.12. The average Bonchev–Trinajstić information content (AvgIpc) is 2.53. The fourth-order valence-electron chi connectivity index (χ4n) is 2.46. The molecule has 0 bridgehead atoms. The number of anilines is 1. The van der Waals surface area contributed by atoms with E-state index in [0.717, 1.165) is 44.2 Å². The van der Waals surface area contributed by atoms with E-state index < -0.39 is 0 Å². The Bertz CT molecular complexity index is 600. The maximum atomic E-state index is 13.2. The van der Waals surface area contributed by atoms with E-state index in [-0.39, 0.29) is 5.82 Å². The van der Waals surface area contributed by atoms with Gasteiger partial charge in [0.1, 0.15) is 5.82 Å². The van der Waals surface area contributed by atoms with Gasteiger partial charge in [-0.2, -0.15) is 0 Å². The van der Waals surface area contributed by atoms with Crippen LogP contribution in [0.3, 0.4) is 0 Å². The molecule has 0 saturated carbocycles. The van der Waals surface area contributed by atoms with Gasteiger partial charge in [-0.25, -0.2) is 14.4 Å². The number of halogens is 2. The zero-order valence-electron chi connectivity index (χ0n) is 11.5. The van der Waals surface area contributed by atoms with Gasteiger partial charge in [-0.15, -0.1) is 0 Å². The molecule has 2 heterocycles. The van der Waals surface area contributed by atoms with Crippen molar-refractivity contribution in [2.45, 2.75) is 6.54 Å². The van der Waals surface area contributed by atoms with Gasteiger partial charge in [-0.05, 0) is 39.7 Å². The highest BCUT2D eigenvalue weighted by Crippen LogP contribution is 2.19. The van der Waals surface area contributed by atoms with Gasteiger partial charge in [0, 0.05) is 45.1 Å². The first kappa shape index (κ1) is 14.4. The summed E-state index contributed by atoms with van der Waals surface area (Å²) in [6.07, 6.45) is 3.54. The molecule has 0 N–H and O–H groups in total. The number of nitrogens with zero attached hydrogens (tertiary/aromatic N) is 4. The maximum absolute atomic E-state index is 13.2. The van der Waals surface area contributed by atoms with Crippen LogP contribution in [-0.4, -0.2) is 41.0 Å². The van der Waals surface area contributed by atoms with Crippen LogP contribution in [0.15, 0.2) is 41.1 Å². The van der Waals surface area contributed by atoms with Crippen molar-refractivity contribution in [2.75, 3.05) is 31.1 Å². The van der Waals surface area contributed by atoms with Gasteiger partial charge in [-0.1, -0.05) is 6.07 Å². The molecule has 0 amide bonds. The van der Waals surface area contributed by atoms with Crippen molar-refractivity contribution in [1.82, 2.24) is 14.9 Å². The summed E-state index contributed by atoms with van der Waals surface area (Å²) < 4.78 is 13.8. The Balaban J connectivity index is 1.57. The molecule has 110 valence electrons. The van der Waals surface area contributed by atoms with Crippen molar-refractivity contribution in [3.63, 3.8) is 0 Å². The predicted octanol–water partition coefficient (Wildman–Crippen LogP) is 2.70. The first-order chi connectivity index (χ1) is 10.2. The largest absolute Gasteiger partial charge is 0.338 e. The molecule has 1 saturated heterocycles. The summed E-state index contributed by atoms with van der Waals surface area (Å²) in [4.78, 5) is 13.1. The van der Waals surface area contributed by atoms with Crippen molar-refractivity contribution in [1.29, 1.82) is 0 Å². The zero-order valence-corrected chi connectivity index (χ0v) is 13.1. The smallest absolute Gasteiger partial charge is 0.225 e. The molecular formula is C15H16BrFN4. The van der Waals surface area contributed by atoms with Crippen molar-refractivity contribution in [3.8, 4) is 0 Å². The number of hydrogen-bond acceptors (Lipinski definition) is 4. The Morgan fingerprint density at radius 1 is 1.10 bits per heavy atom. The quantitative estimate of drug-likeness (QED) is 0.851. The van der Waals surface area contributed by atoms with E-state index in [1.807, 2.05) is 18.2 Å². The Kier molecular flexibility index (Phi) is 4.45. The van der Waals surface area contributed by atoms with Crippen LogP contribution in [-0.2, 0) is 6.54 Å². The van der Waals surface area contributed by atoms with E-state index in [4.69, 9.17) is 0 Å². The summed E-state index contributed by atoms with van der Waals surface area (Å²) in [6, 6.07) is 7.02. The Morgan fingerprint density at radius 2 is 1.81 bits per heavy atom. The molecule has 1 aromatic heterocycles. The van der Waals surface area contributed by atoms with Crippen LogP contribution in [0.25, 0.3) is 0 Å². The molecule has 1 fully saturated rings. The van der Waals surface area contributed by atoms with E-state index in [1.165, 1.54) is 6.07 Å². The molecule has 0 radical (unpaired) electrons. The molecule has 21 heavy (non-hydrogen) atoms. The van der Waals surface area contributed by atoms with E-state index in [0.29, 0.717) is 4.47 Å². The van der Waals surface area contributed by atoms with Crippen LogP contribution in [0.5, 0.6) is 0 Å². The molecule has 0 unspecified atom stereocenters. The molecule has 1 aliphatic rings. The highest BCUT2D eigenvalue weighted by Gasteiger charge is 2.18. The van der Waals surface area contributed by atoms with E-state index in [2.05, 4.69) is 35.7 Å². The predicted molar refractivity (Wildman–Crippen MR) is 83.6 cm³/mol. The van der Waals surface area contributed by atoms with Gasteiger partial charge in [0.25, 0.3) is 0 Å². The van der Waals surface area contributed by atoms with Crippen LogP contribution in [0, 0.1) is 5.82 Å². The van der Waals surface area contributed by atoms with Gasteiger partial charge >= 0.3 is 0 Å². The lowest BCUT2D eigenvalue weighted by Gasteiger charge is -2.34. The number of benzene rings is 1. The third-order valence-electron chi connectivity index (χ3n) is 3.60. The second kappa shape index (κ2) is 6.49. The van der Waals surface area contributed by atoms with Crippen LogP contribution >= 0.6 is 15.9 Å². The minimum atomic E-state index is -0.218. The molecule has 3 rings (SSSR count). The second-order valence-electron chi connectivity index (χ2n) is 5.06.